The molecule has 0 aromatic heterocycles. The minimum absolute atomic E-state index is 0.0274. The second kappa shape index (κ2) is 6.27. The van der Waals surface area contributed by atoms with Gasteiger partial charge in [0.1, 0.15) is 5.75 Å². The van der Waals surface area contributed by atoms with Gasteiger partial charge in [0.25, 0.3) is 5.91 Å². The first-order valence-electron chi connectivity index (χ1n) is 5.47. The molecular formula is C12H15Cl2NO3. The van der Waals surface area contributed by atoms with Crippen LogP contribution in [0.1, 0.15) is 24.2 Å². The minimum atomic E-state index is -0.651. The Balaban J connectivity index is 2.79. The van der Waals surface area contributed by atoms with E-state index in [-0.39, 0.29) is 33.8 Å². The molecule has 0 saturated carbocycles. The predicted molar refractivity (Wildman–Crippen MR) is 71.3 cm³/mol. The number of benzene rings is 1. The summed E-state index contributed by atoms with van der Waals surface area (Å²) in [5.74, 6) is -0.808. The van der Waals surface area contributed by atoms with Crippen LogP contribution in [0.15, 0.2) is 12.1 Å². The van der Waals surface area contributed by atoms with Crippen molar-refractivity contribution in [3.63, 3.8) is 0 Å². The van der Waals surface area contributed by atoms with Gasteiger partial charge in [0.15, 0.2) is 0 Å². The third kappa shape index (κ3) is 3.77. The summed E-state index contributed by atoms with van der Waals surface area (Å²) in [6, 6.07) is 2.61. The molecule has 0 fully saturated rings. The van der Waals surface area contributed by atoms with E-state index in [4.69, 9.17) is 23.2 Å². The maximum atomic E-state index is 11.8. The second-order valence-corrected chi connectivity index (χ2v) is 5.15. The molecule has 4 nitrogen and oxygen atoms in total. The molecule has 1 unspecified atom stereocenters. The number of carbonyl (C=O) groups is 1. The summed E-state index contributed by atoms with van der Waals surface area (Å²) in [7, 11) is 0. The highest BCUT2D eigenvalue weighted by Crippen LogP contribution is 2.29. The molecule has 1 amide bonds. The summed E-state index contributed by atoms with van der Waals surface area (Å²) in [5.41, 5.74) is -0.0444. The summed E-state index contributed by atoms with van der Waals surface area (Å²) in [6.45, 7) is 3.77. The summed E-state index contributed by atoms with van der Waals surface area (Å²) in [5, 5.41) is 22.0. The van der Waals surface area contributed by atoms with Crippen molar-refractivity contribution in [2.45, 2.75) is 20.0 Å². The lowest BCUT2D eigenvalue weighted by Crippen LogP contribution is -2.34. The van der Waals surface area contributed by atoms with Crippen LogP contribution in [0.2, 0.25) is 10.0 Å². The van der Waals surface area contributed by atoms with Crippen LogP contribution in [-0.4, -0.2) is 28.8 Å². The van der Waals surface area contributed by atoms with E-state index in [9.17, 15) is 15.0 Å². The molecule has 1 rings (SSSR count). The monoisotopic (exact) mass is 291 g/mol. The van der Waals surface area contributed by atoms with Gasteiger partial charge in [-0.05, 0) is 18.1 Å². The van der Waals surface area contributed by atoms with Gasteiger partial charge in [-0.2, -0.15) is 0 Å². The zero-order valence-corrected chi connectivity index (χ0v) is 11.6. The van der Waals surface area contributed by atoms with E-state index >= 15 is 0 Å². The summed E-state index contributed by atoms with van der Waals surface area (Å²) >= 11 is 11.5. The molecule has 1 aromatic carbocycles. The average molecular weight is 292 g/mol. The molecular weight excluding hydrogens is 277 g/mol. The topological polar surface area (TPSA) is 69.6 Å². The second-order valence-electron chi connectivity index (χ2n) is 4.30. The molecule has 0 saturated heterocycles. The zero-order valence-electron chi connectivity index (χ0n) is 10.1. The fourth-order valence-electron chi connectivity index (χ4n) is 1.31. The van der Waals surface area contributed by atoms with Crippen LogP contribution in [0.5, 0.6) is 5.75 Å². The van der Waals surface area contributed by atoms with Gasteiger partial charge in [-0.1, -0.05) is 37.0 Å². The normalized spacial score (nSPS) is 12.6. The molecule has 0 radical (unpaired) electrons. The number of aromatic hydroxyl groups is 1. The number of amides is 1. The van der Waals surface area contributed by atoms with E-state index in [1.807, 2.05) is 13.8 Å². The Morgan fingerprint density at radius 3 is 2.50 bits per heavy atom. The van der Waals surface area contributed by atoms with Gasteiger partial charge in [-0.25, -0.2) is 0 Å². The fourth-order valence-corrected chi connectivity index (χ4v) is 1.87. The van der Waals surface area contributed by atoms with Gasteiger partial charge in [-0.15, -0.1) is 0 Å². The van der Waals surface area contributed by atoms with Crippen molar-refractivity contribution in [2.24, 2.45) is 5.92 Å². The molecule has 100 valence electrons. The number of phenolic OH excluding ortho intramolecular Hbond substituents is 1. The van der Waals surface area contributed by atoms with Crippen LogP contribution < -0.4 is 5.32 Å². The van der Waals surface area contributed by atoms with Gasteiger partial charge < -0.3 is 15.5 Å². The molecule has 0 aliphatic heterocycles. The highest BCUT2D eigenvalue weighted by atomic mass is 35.5. The number of rotatable bonds is 4. The van der Waals surface area contributed by atoms with Crippen LogP contribution in [0.4, 0.5) is 0 Å². The van der Waals surface area contributed by atoms with Crippen LogP contribution in [0, 0.1) is 5.92 Å². The molecule has 3 N–H and O–H groups in total. The molecule has 0 bridgehead atoms. The first kappa shape index (κ1) is 15.1. The standard InChI is InChI=1S/C12H15Cl2NO3/c1-6(2)10(17)5-15-12(18)11-8(14)3-7(13)4-9(11)16/h3-4,6,10,16-17H,5H2,1-2H3,(H,15,18). The van der Waals surface area contributed by atoms with Crippen molar-refractivity contribution in [1.82, 2.24) is 5.32 Å². The highest BCUT2D eigenvalue weighted by molar-refractivity contribution is 6.37. The maximum absolute atomic E-state index is 11.8. The summed E-state index contributed by atoms with van der Waals surface area (Å²) in [4.78, 5) is 11.8. The first-order chi connectivity index (χ1) is 8.32. The lowest BCUT2D eigenvalue weighted by molar-refractivity contribution is 0.0869. The van der Waals surface area contributed by atoms with E-state index in [0.717, 1.165) is 0 Å². The van der Waals surface area contributed by atoms with Crippen molar-refractivity contribution in [3.8, 4) is 5.75 Å². The van der Waals surface area contributed by atoms with Gasteiger partial charge in [-0.3, -0.25) is 4.79 Å². The molecule has 0 aliphatic rings. The van der Waals surface area contributed by atoms with Gasteiger partial charge in [0.2, 0.25) is 0 Å². The van der Waals surface area contributed by atoms with Crippen molar-refractivity contribution in [1.29, 1.82) is 0 Å². The average Bonchev–Trinajstić information content (AvgIpc) is 2.24. The molecule has 0 spiro atoms. The van der Waals surface area contributed by atoms with Gasteiger partial charge in [0, 0.05) is 11.6 Å². The third-order valence-corrected chi connectivity index (χ3v) is 3.02. The number of nitrogens with one attached hydrogen (secondary N) is 1. The third-order valence-electron chi connectivity index (χ3n) is 2.50. The van der Waals surface area contributed by atoms with E-state index in [1.54, 1.807) is 0 Å². The number of phenols is 1. The number of aliphatic hydroxyl groups excluding tert-OH is 1. The number of hydrogen-bond donors (Lipinski definition) is 3. The molecule has 1 aromatic rings. The highest BCUT2D eigenvalue weighted by Gasteiger charge is 2.18. The Morgan fingerprint density at radius 1 is 1.39 bits per heavy atom. The Labute approximate surface area is 116 Å². The van der Waals surface area contributed by atoms with Crippen LogP contribution in [-0.2, 0) is 0 Å². The van der Waals surface area contributed by atoms with E-state index in [2.05, 4.69) is 5.32 Å². The van der Waals surface area contributed by atoms with E-state index < -0.39 is 12.0 Å². The molecule has 1 atom stereocenters. The molecule has 6 heteroatoms. The lowest BCUT2D eigenvalue weighted by Gasteiger charge is -2.15. The van der Waals surface area contributed by atoms with Crippen molar-refractivity contribution >= 4 is 29.1 Å². The quantitative estimate of drug-likeness (QED) is 0.798. The Bertz CT molecular complexity index is 426. The van der Waals surface area contributed by atoms with Crippen molar-refractivity contribution in [3.05, 3.63) is 27.7 Å². The Morgan fingerprint density at radius 2 is 2.00 bits per heavy atom. The van der Waals surface area contributed by atoms with E-state index in [1.165, 1.54) is 12.1 Å². The maximum Gasteiger partial charge on any atom is 0.256 e. The molecule has 0 heterocycles. The number of hydrogen-bond acceptors (Lipinski definition) is 3. The fraction of sp³-hybridized carbons (Fsp3) is 0.417. The zero-order chi connectivity index (χ0) is 13.9. The Kier molecular flexibility index (Phi) is 5.26. The van der Waals surface area contributed by atoms with E-state index in [0.29, 0.717) is 0 Å². The van der Waals surface area contributed by atoms with Crippen LogP contribution in [0.3, 0.4) is 0 Å². The molecule has 18 heavy (non-hydrogen) atoms. The Hall–Kier alpha value is -0.970. The minimum Gasteiger partial charge on any atom is -0.507 e. The first-order valence-corrected chi connectivity index (χ1v) is 6.22. The van der Waals surface area contributed by atoms with Gasteiger partial charge >= 0.3 is 0 Å². The number of carbonyl (C=O) groups excluding carboxylic acids is 1. The summed E-state index contributed by atoms with van der Waals surface area (Å²) < 4.78 is 0. The van der Waals surface area contributed by atoms with Crippen LogP contribution >= 0.6 is 23.2 Å². The van der Waals surface area contributed by atoms with Gasteiger partial charge in [0.05, 0.1) is 16.7 Å². The van der Waals surface area contributed by atoms with Crippen molar-refractivity contribution < 1.29 is 15.0 Å². The number of halogens is 2. The van der Waals surface area contributed by atoms with Crippen molar-refractivity contribution in [2.75, 3.05) is 6.54 Å². The van der Waals surface area contributed by atoms with Crippen LogP contribution in [0.25, 0.3) is 0 Å². The number of aliphatic hydroxyl groups is 1. The largest absolute Gasteiger partial charge is 0.507 e. The predicted octanol–water partition coefficient (Wildman–Crippen LogP) is 2.45. The SMILES string of the molecule is CC(C)C(O)CNC(=O)c1c(O)cc(Cl)cc1Cl. The molecule has 0 aliphatic carbocycles. The lowest BCUT2D eigenvalue weighted by atomic mass is 10.1. The smallest absolute Gasteiger partial charge is 0.256 e. The summed E-state index contributed by atoms with van der Waals surface area (Å²) in [6.07, 6.45) is -0.651.